The van der Waals surface area contributed by atoms with Crippen molar-refractivity contribution in [2.75, 3.05) is 6.54 Å². The summed E-state index contributed by atoms with van der Waals surface area (Å²) in [5, 5.41) is 2.66. The zero-order valence-electron chi connectivity index (χ0n) is 11.7. The number of hydrogen-bond acceptors (Lipinski definition) is 3. The molecule has 0 aliphatic rings. The summed E-state index contributed by atoms with van der Waals surface area (Å²) >= 11 is 0. The van der Waals surface area contributed by atoms with Crippen LogP contribution in [0, 0.1) is 0 Å². The summed E-state index contributed by atoms with van der Waals surface area (Å²) in [6, 6.07) is 6.51. The molecule has 1 aromatic carbocycles. The Bertz CT molecular complexity index is 624. The standard InChI is InChI=1S/C14H18F2N4O/c1-9(17)8-13(21)18-7-6-12-19-10-4-2-3-5-11(10)20(12)14(15)16/h2-5,9,14H,6-8,17H2,1H3,(H,18,21). The number of carbonyl (C=O) groups is 1. The number of nitrogens with zero attached hydrogens (tertiary/aromatic N) is 2. The van der Waals surface area contributed by atoms with Crippen LogP contribution in [0.1, 0.15) is 25.7 Å². The first-order valence-corrected chi connectivity index (χ1v) is 6.75. The summed E-state index contributed by atoms with van der Waals surface area (Å²) in [6.45, 7) is -0.677. The molecule has 3 N–H and O–H groups in total. The minimum atomic E-state index is -2.66. The average molecular weight is 296 g/mol. The third kappa shape index (κ3) is 3.75. The summed E-state index contributed by atoms with van der Waals surface area (Å²) in [6.07, 6.45) is 0.453. The van der Waals surface area contributed by atoms with Gasteiger partial charge < -0.3 is 11.1 Å². The van der Waals surface area contributed by atoms with Crippen molar-refractivity contribution in [1.82, 2.24) is 14.9 Å². The van der Waals surface area contributed by atoms with Gasteiger partial charge in [0.05, 0.1) is 11.0 Å². The summed E-state index contributed by atoms with van der Waals surface area (Å²) in [5.74, 6) is 0.0667. The second-order valence-electron chi connectivity index (χ2n) is 4.95. The van der Waals surface area contributed by atoms with Crippen LogP contribution in [0.25, 0.3) is 11.0 Å². The van der Waals surface area contributed by atoms with E-state index in [9.17, 15) is 13.6 Å². The lowest BCUT2D eigenvalue weighted by molar-refractivity contribution is -0.121. The van der Waals surface area contributed by atoms with Crippen LogP contribution in [-0.2, 0) is 11.2 Å². The smallest absolute Gasteiger partial charge is 0.320 e. The van der Waals surface area contributed by atoms with Crippen LogP contribution in [0.2, 0.25) is 0 Å². The first kappa shape index (κ1) is 15.4. The van der Waals surface area contributed by atoms with Crippen LogP contribution in [0.4, 0.5) is 8.78 Å². The molecule has 0 radical (unpaired) electrons. The molecule has 1 heterocycles. The topological polar surface area (TPSA) is 72.9 Å². The van der Waals surface area contributed by atoms with E-state index in [2.05, 4.69) is 10.3 Å². The van der Waals surface area contributed by atoms with E-state index in [1.54, 1.807) is 31.2 Å². The van der Waals surface area contributed by atoms with Gasteiger partial charge in [-0.2, -0.15) is 8.78 Å². The van der Waals surface area contributed by atoms with E-state index in [4.69, 9.17) is 5.73 Å². The number of rotatable bonds is 6. The normalized spacial score (nSPS) is 12.8. The second kappa shape index (κ2) is 6.62. The lowest BCUT2D eigenvalue weighted by Gasteiger charge is -2.09. The predicted molar refractivity (Wildman–Crippen MR) is 76.0 cm³/mol. The number of para-hydroxylation sites is 2. The Hall–Kier alpha value is -2.02. The van der Waals surface area contributed by atoms with E-state index >= 15 is 0 Å². The molecule has 1 aromatic heterocycles. The van der Waals surface area contributed by atoms with E-state index < -0.39 is 6.55 Å². The van der Waals surface area contributed by atoms with E-state index in [-0.39, 0.29) is 37.2 Å². The highest BCUT2D eigenvalue weighted by molar-refractivity contribution is 5.77. The Morgan fingerprint density at radius 1 is 1.43 bits per heavy atom. The maximum atomic E-state index is 13.2. The minimum Gasteiger partial charge on any atom is -0.356 e. The van der Waals surface area contributed by atoms with E-state index in [1.807, 2.05) is 0 Å². The van der Waals surface area contributed by atoms with Gasteiger partial charge in [-0.05, 0) is 19.1 Å². The number of carbonyl (C=O) groups excluding carboxylic acids is 1. The monoisotopic (exact) mass is 296 g/mol. The zero-order valence-corrected chi connectivity index (χ0v) is 11.7. The molecule has 0 aliphatic heterocycles. The Morgan fingerprint density at radius 3 is 2.81 bits per heavy atom. The van der Waals surface area contributed by atoms with Gasteiger partial charge in [-0.1, -0.05) is 12.1 Å². The third-order valence-corrected chi connectivity index (χ3v) is 3.04. The van der Waals surface area contributed by atoms with Crippen LogP contribution in [0.3, 0.4) is 0 Å². The van der Waals surface area contributed by atoms with Gasteiger partial charge in [0.15, 0.2) is 0 Å². The number of aromatic nitrogens is 2. The Balaban J connectivity index is 2.08. The van der Waals surface area contributed by atoms with Crippen molar-refractivity contribution in [3.63, 3.8) is 0 Å². The summed E-state index contributed by atoms with van der Waals surface area (Å²) in [7, 11) is 0. The predicted octanol–water partition coefficient (Wildman–Crippen LogP) is 1.83. The Kier molecular flexibility index (Phi) is 4.85. The molecule has 114 valence electrons. The SMILES string of the molecule is CC(N)CC(=O)NCCc1nc2ccccc2n1C(F)F. The van der Waals surface area contributed by atoms with E-state index in [0.717, 1.165) is 4.57 Å². The van der Waals surface area contributed by atoms with Crippen LogP contribution in [0.15, 0.2) is 24.3 Å². The van der Waals surface area contributed by atoms with Crippen molar-refractivity contribution in [1.29, 1.82) is 0 Å². The molecule has 0 bridgehead atoms. The number of halogens is 2. The van der Waals surface area contributed by atoms with Crippen molar-refractivity contribution in [2.24, 2.45) is 5.73 Å². The molecule has 2 aromatic rings. The van der Waals surface area contributed by atoms with Crippen molar-refractivity contribution in [3.05, 3.63) is 30.1 Å². The first-order chi connectivity index (χ1) is 9.99. The maximum Gasteiger partial charge on any atom is 0.320 e. The Labute approximate surface area is 121 Å². The van der Waals surface area contributed by atoms with Crippen LogP contribution in [-0.4, -0.2) is 28.0 Å². The molecule has 0 aliphatic carbocycles. The summed E-state index contributed by atoms with van der Waals surface area (Å²) in [5.41, 5.74) is 6.43. The van der Waals surface area contributed by atoms with E-state index in [1.165, 1.54) is 0 Å². The third-order valence-electron chi connectivity index (χ3n) is 3.04. The van der Waals surface area contributed by atoms with Crippen LogP contribution < -0.4 is 11.1 Å². The van der Waals surface area contributed by atoms with Crippen LogP contribution >= 0.6 is 0 Å². The lowest BCUT2D eigenvalue weighted by Crippen LogP contribution is -2.31. The van der Waals surface area contributed by atoms with Crippen molar-refractivity contribution in [2.45, 2.75) is 32.4 Å². The van der Waals surface area contributed by atoms with Gasteiger partial charge in [0.2, 0.25) is 5.91 Å². The van der Waals surface area contributed by atoms with Crippen molar-refractivity contribution < 1.29 is 13.6 Å². The molecule has 0 saturated carbocycles. The maximum absolute atomic E-state index is 13.2. The lowest BCUT2D eigenvalue weighted by atomic mass is 10.2. The average Bonchev–Trinajstić information content (AvgIpc) is 2.75. The number of amides is 1. The highest BCUT2D eigenvalue weighted by Gasteiger charge is 2.17. The largest absolute Gasteiger partial charge is 0.356 e. The second-order valence-corrected chi connectivity index (χ2v) is 4.95. The fourth-order valence-corrected chi connectivity index (χ4v) is 2.17. The van der Waals surface area contributed by atoms with Crippen molar-refractivity contribution in [3.8, 4) is 0 Å². The highest BCUT2D eigenvalue weighted by Crippen LogP contribution is 2.23. The molecule has 21 heavy (non-hydrogen) atoms. The van der Waals surface area contributed by atoms with Gasteiger partial charge in [-0.25, -0.2) is 4.98 Å². The molecule has 0 fully saturated rings. The van der Waals surface area contributed by atoms with Crippen LogP contribution in [0.5, 0.6) is 0 Å². The summed E-state index contributed by atoms with van der Waals surface area (Å²) < 4.78 is 27.2. The quantitative estimate of drug-likeness (QED) is 0.854. The molecule has 7 heteroatoms. The van der Waals surface area contributed by atoms with Gasteiger partial charge in [-0.3, -0.25) is 9.36 Å². The number of fused-ring (bicyclic) bond motifs is 1. The highest BCUT2D eigenvalue weighted by atomic mass is 19.3. The number of benzene rings is 1. The fourth-order valence-electron chi connectivity index (χ4n) is 2.17. The number of alkyl halides is 2. The van der Waals surface area contributed by atoms with Gasteiger partial charge in [0.25, 0.3) is 0 Å². The number of nitrogens with one attached hydrogen (secondary N) is 1. The number of hydrogen-bond donors (Lipinski definition) is 2. The molecule has 1 amide bonds. The number of nitrogens with two attached hydrogens (primary N) is 1. The first-order valence-electron chi connectivity index (χ1n) is 6.75. The van der Waals surface area contributed by atoms with Gasteiger partial charge in [0, 0.05) is 25.4 Å². The molecule has 5 nitrogen and oxygen atoms in total. The molecular weight excluding hydrogens is 278 g/mol. The summed E-state index contributed by atoms with van der Waals surface area (Å²) in [4.78, 5) is 15.7. The molecule has 1 atom stereocenters. The van der Waals surface area contributed by atoms with E-state index in [0.29, 0.717) is 11.0 Å². The zero-order chi connectivity index (χ0) is 15.4. The fraction of sp³-hybridized carbons (Fsp3) is 0.429. The van der Waals surface area contributed by atoms with Gasteiger partial charge in [0.1, 0.15) is 5.82 Å². The molecule has 0 spiro atoms. The number of imidazole rings is 1. The molecule has 0 saturated heterocycles. The Morgan fingerprint density at radius 2 is 2.14 bits per heavy atom. The van der Waals surface area contributed by atoms with Crippen molar-refractivity contribution >= 4 is 16.9 Å². The molecular formula is C14H18F2N4O. The van der Waals surface area contributed by atoms with Gasteiger partial charge in [-0.15, -0.1) is 0 Å². The van der Waals surface area contributed by atoms with Gasteiger partial charge >= 0.3 is 6.55 Å². The molecule has 1 unspecified atom stereocenters. The molecule has 2 rings (SSSR count). The minimum absolute atomic E-state index is 0.190.